The van der Waals surface area contributed by atoms with Crippen molar-refractivity contribution in [1.29, 1.82) is 0 Å². The van der Waals surface area contributed by atoms with Gasteiger partial charge in [0.15, 0.2) is 0 Å². The van der Waals surface area contributed by atoms with Crippen LogP contribution in [-0.2, 0) is 28.3 Å². The largest absolute Gasteiger partial charge is 0.355 e. The number of likely N-dealkylation sites (N-methyl/N-ethyl adjacent to an activating group) is 1. The number of thioether (sulfide) groups is 1. The number of carbonyl (C=O) groups is 2. The van der Waals surface area contributed by atoms with E-state index in [1.165, 1.54) is 16.7 Å². The lowest BCUT2D eigenvalue weighted by Crippen LogP contribution is -2.51. The zero-order valence-corrected chi connectivity index (χ0v) is 22.0. The third kappa shape index (κ3) is 8.29. The molecule has 0 heterocycles. The van der Waals surface area contributed by atoms with Gasteiger partial charge in [0, 0.05) is 25.3 Å². The lowest BCUT2D eigenvalue weighted by molar-refractivity contribution is -0.139. The molecule has 0 bridgehead atoms. The van der Waals surface area contributed by atoms with Gasteiger partial charge in [0.25, 0.3) is 0 Å². The molecular weight excluding hydrogens is 452 g/mol. The summed E-state index contributed by atoms with van der Waals surface area (Å²) < 4.78 is 0. The molecule has 1 atom stereocenters. The molecule has 184 valence electrons. The molecule has 0 saturated heterocycles. The van der Waals surface area contributed by atoms with Crippen molar-refractivity contribution in [2.24, 2.45) is 0 Å². The van der Waals surface area contributed by atoms with Crippen molar-refractivity contribution in [2.75, 3.05) is 12.3 Å². The maximum absolute atomic E-state index is 13.6. The summed E-state index contributed by atoms with van der Waals surface area (Å²) >= 11 is 1.60. The molecule has 35 heavy (non-hydrogen) atoms. The van der Waals surface area contributed by atoms with Crippen LogP contribution < -0.4 is 5.32 Å². The van der Waals surface area contributed by atoms with E-state index in [9.17, 15) is 9.59 Å². The van der Waals surface area contributed by atoms with E-state index in [-0.39, 0.29) is 11.8 Å². The summed E-state index contributed by atoms with van der Waals surface area (Å²) in [4.78, 5) is 28.6. The highest BCUT2D eigenvalue weighted by atomic mass is 32.2. The molecule has 1 unspecified atom stereocenters. The number of nitrogens with one attached hydrogen (secondary N) is 1. The lowest BCUT2D eigenvalue weighted by Gasteiger charge is -2.31. The molecular formula is C30H36N2O2S. The Hall–Kier alpha value is -3.05. The zero-order chi connectivity index (χ0) is 25.2. The highest BCUT2D eigenvalue weighted by molar-refractivity contribution is 7.99. The Bertz CT molecular complexity index is 1110. The number of benzene rings is 3. The van der Waals surface area contributed by atoms with E-state index in [4.69, 9.17) is 0 Å². The number of hydrogen-bond acceptors (Lipinski definition) is 3. The number of rotatable bonds is 11. The van der Waals surface area contributed by atoms with E-state index in [1.807, 2.05) is 62.4 Å². The van der Waals surface area contributed by atoms with Gasteiger partial charge in [0.05, 0.1) is 5.75 Å². The average Bonchev–Trinajstić information content (AvgIpc) is 2.81. The van der Waals surface area contributed by atoms with Crippen molar-refractivity contribution in [3.63, 3.8) is 0 Å². The second-order valence-corrected chi connectivity index (χ2v) is 10.1. The highest BCUT2D eigenvalue weighted by Crippen LogP contribution is 2.20. The second kappa shape index (κ2) is 13.1. The monoisotopic (exact) mass is 488 g/mol. The van der Waals surface area contributed by atoms with Gasteiger partial charge in [-0.2, -0.15) is 0 Å². The van der Waals surface area contributed by atoms with Crippen LogP contribution in [0.5, 0.6) is 0 Å². The number of hydrogen-bond donors (Lipinski definition) is 1. The van der Waals surface area contributed by atoms with E-state index in [1.54, 1.807) is 16.7 Å². The van der Waals surface area contributed by atoms with Crippen molar-refractivity contribution < 1.29 is 9.59 Å². The van der Waals surface area contributed by atoms with Gasteiger partial charge in [-0.1, -0.05) is 89.5 Å². The molecule has 0 radical (unpaired) electrons. The first-order valence-corrected chi connectivity index (χ1v) is 13.3. The van der Waals surface area contributed by atoms with Gasteiger partial charge in [-0.25, -0.2) is 0 Å². The molecule has 0 spiro atoms. The van der Waals surface area contributed by atoms with Crippen LogP contribution in [0.3, 0.4) is 0 Å². The van der Waals surface area contributed by atoms with Gasteiger partial charge in [-0.05, 0) is 44.4 Å². The molecule has 0 aromatic heterocycles. The Labute approximate surface area is 214 Å². The molecule has 0 aliphatic heterocycles. The first-order valence-electron chi connectivity index (χ1n) is 12.2. The van der Waals surface area contributed by atoms with E-state index in [0.29, 0.717) is 25.3 Å². The molecule has 2 amide bonds. The van der Waals surface area contributed by atoms with Crippen LogP contribution in [-0.4, -0.2) is 35.1 Å². The first kappa shape index (κ1) is 26.6. The Balaban J connectivity index is 1.83. The van der Waals surface area contributed by atoms with Gasteiger partial charge in [0.1, 0.15) is 6.04 Å². The predicted molar refractivity (Wildman–Crippen MR) is 146 cm³/mol. The minimum Gasteiger partial charge on any atom is -0.355 e. The summed E-state index contributed by atoms with van der Waals surface area (Å²) in [5.74, 6) is 0.949. The van der Waals surface area contributed by atoms with E-state index < -0.39 is 6.04 Å². The van der Waals surface area contributed by atoms with E-state index >= 15 is 0 Å². The fraction of sp³-hybridized carbons (Fsp3) is 0.333. The van der Waals surface area contributed by atoms with Crippen LogP contribution in [0.15, 0.2) is 72.8 Å². The van der Waals surface area contributed by atoms with Crippen molar-refractivity contribution >= 4 is 23.6 Å². The second-order valence-electron chi connectivity index (χ2n) is 9.10. The molecule has 4 nitrogen and oxygen atoms in total. The molecule has 3 aromatic carbocycles. The first-order chi connectivity index (χ1) is 16.9. The third-order valence-corrected chi connectivity index (χ3v) is 6.82. The molecule has 3 rings (SSSR count). The molecule has 0 aliphatic rings. The van der Waals surface area contributed by atoms with Crippen LogP contribution in [0.2, 0.25) is 0 Å². The predicted octanol–water partition coefficient (Wildman–Crippen LogP) is 5.62. The average molecular weight is 489 g/mol. The van der Waals surface area contributed by atoms with Crippen LogP contribution in [0.1, 0.15) is 40.3 Å². The van der Waals surface area contributed by atoms with Gasteiger partial charge in [-0.3, -0.25) is 9.59 Å². The summed E-state index contributed by atoms with van der Waals surface area (Å²) in [5, 5.41) is 2.95. The topological polar surface area (TPSA) is 49.4 Å². The van der Waals surface area contributed by atoms with Crippen molar-refractivity contribution in [2.45, 2.75) is 52.5 Å². The maximum atomic E-state index is 13.6. The number of amides is 2. The van der Waals surface area contributed by atoms with Gasteiger partial charge in [-0.15, -0.1) is 11.8 Å². The van der Waals surface area contributed by atoms with Gasteiger partial charge < -0.3 is 10.2 Å². The standard InChI is InChI=1S/C30H36N2O2S/c1-5-31-30(34)28(18-25-11-7-6-8-12-25)32(19-26-13-9-10-22(2)15-26)29(33)21-35-20-27-16-23(3)14-24(4)17-27/h6-17,28H,5,18-21H2,1-4H3,(H,31,34). The summed E-state index contributed by atoms with van der Waals surface area (Å²) in [7, 11) is 0. The van der Waals surface area contributed by atoms with Crippen molar-refractivity contribution in [3.8, 4) is 0 Å². The minimum atomic E-state index is -0.577. The summed E-state index contributed by atoms with van der Waals surface area (Å²) in [6.07, 6.45) is 0.478. The SMILES string of the molecule is CCNC(=O)C(Cc1ccccc1)N(Cc1cccc(C)c1)C(=O)CSCc1cc(C)cc(C)c1. The minimum absolute atomic E-state index is 0.0203. The fourth-order valence-electron chi connectivity index (χ4n) is 4.34. The maximum Gasteiger partial charge on any atom is 0.243 e. The summed E-state index contributed by atoms with van der Waals surface area (Å²) in [6.45, 7) is 9.06. The molecule has 0 saturated carbocycles. The normalized spacial score (nSPS) is 11.7. The Morgan fingerprint density at radius 2 is 1.49 bits per heavy atom. The highest BCUT2D eigenvalue weighted by Gasteiger charge is 2.30. The molecule has 5 heteroatoms. The molecule has 0 aliphatic carbocycles. The van der Waals surface area contributed by atoms with Gasteiger partial charge in [0.2, 0.25) is 11.8 Å². The van der Waals surface area contributed by atoms with Gasteiger partial charge >= 0.3 is 0 Å². The number of nitrogens with zero attached hydrogens (tertiary/aromatic N) is 1. The van der Waals surface area contributed by atoms with E-state index in [0.717, 1.165) is 22.4 Å². The quantitative estimate of drug-likeness (QED) is 0.381. The molecule has 0 fully saturated rings. The van der Waals surface area contributed by atoms with Crippen LogP contribution in [0.25, 0.3) is 0 Å². The summed E-state index contributed by atoms with van der Waals surface area (Å²) in [6, 6.07) is 24.0. The van der Waals surface area contributed by atoms with Crippen LogP contribution >= 0.6 is 11.8 Å². The lowest BCUT2D eigenvalue weighted by atomic mass is 10.0. The Kier molecular flexibility index (Phi) is 9.98. The number of aryl methyl sites for hydroxylation is 3. The van der Waals surface area contributed by atoms with E-state index in [2.05, 4.69) is 43.4 Å². The van der Waals surface area contributed by atoms with Crippen LogP contribution in [0.4, 0.5) is 0 Å². The molecule has 1 N–H and O–H groups in total. The Morgan fingerprint density at radius 3 is 2.14 bits per heavy atom. The van der Waals surface area contributed by atoms with Crippen molar-refractivity contribution in [3.05, 3.63) is 106 Å². The van der Waals surface area contributed by atoms with Crippen molar-refractivity contribution in [1.82, 2.24) is 10.2 Å². The zero-order valence-electron chi connectivity index (χ0n) is 21.2. The summed E-state index contributed by atoms with van der Waals surface area (Å²) in [5.41, 5.74) is 6.87. The fourth-order valence-corrected chi connectivity index (χ4v) is 5.19. The molecule has 3 aromatic rings. The third-order valence-electron chi connectivity index (χ3n) is 5.83. The van der Waals surface area contributed by atoms with Crippen LogP contribution in [0, 0.1) is 20.8 Å². The number of carbonyl (C=O) groups excluding carboxylic acids is 2. The Morgan fingerprint density at radius 1 is 0.829 bits per heavy atom. The smallest absolute Gasteiger partial charge is 0.243 e.